The molecule has 1 heterocycles. The van der Waals surface area contributed by atoms with Gasteiger partial charge in [0.1, 0.15) is 0 Å². The van der Waals surface area contributed by atoms with Gasteiger partial charge in [-0.1, -0.05) is 29.9 Å². The highest BCUT2D eigenvalue weighted by molar-refractivity contribution is 5.86. The number of aliphatic hydroxyl groups excluding tert-OH is 1. The number of allylic oxidation sites excluding steroid dienone is 4. The van der Waals surface area contributed by atoms with E-state index in [0.29, 0.717) is 25.9 Å². The zero-order chi connectivity index (χ0) is 22.0. The van der Waals surface area contributed by atoms with Crippen molar-refractivity contribution in [3.8, 4) is 0 Å². The number of ether oxygens (including phenoxy) is 1. The third kappa shape index (κ3) is 9.75. The number of rotatable bonds is 12. The van der Waals surface area contributed by atoms with Gasteiger partial charge in [0.2, 0.25) is 0 Å². The molecule has 1 rings (SSSR count). The van der Waals surface area contributed by atoms with Gasteiger partial charge in [-0.15, -0.1) is 0 Å². The minimum absolute atomic E-state index is 0.107. The van der Waals surface area contributed by atoms with Gasteiger partial charge in [0.05, 0.1) is 30.0 Å². The Morgan fingerprint density at radius 3 is 2.48 bits per heavy atom. The van der Waals surface area contributed by atoms with Crippen molar-refractivity contribution in [2.45, 2.75) is 96.9 Å². The topological polar surface area (TPSA) is 87.0 Å². The van der Waals surface area contributed by atoms with Crippen molar-refractivity contribution in [2.24, 2.45) is 5.92 Å². The van der Waals surface area contributed by atoms with E-state index in [1.165, 1.54) is 11.1 Å². The first-order chi connectivity index (χ1) is 13.5. The first-order valence-corrected chi connectivity index (χ1v) is 10.8. The van der Waals surface area contributed by atoms with Crippen molar-refractivity contribution in [1.29, 1.82) is 0 Å². The molecule has 4 unspecified atom stereocenters. The second-order valence-electron chi connectivity index (χ2n) is 8.96. The number of aliphatic carboxylic acids is 1. The minimum atomic E-state index is -1.12. The zero-order valence-electron chi connectivity index (χ0n) is 18.6. The highest BCUT2D eigenvalue weighted by atomic mass is 16.5. The Hall–Kier alpha value is -1.43. The molecule has 0 bridgehead atoms. The van der Waals surface area contributed by atoms with E-state index in [0.717, 1.165) is 32.1 Å². The molecule has 4 atom stereocenters. The number of hydrogen-bond acceptors (Lipinski definition) is 4. The van der Waals surface area contributed by atoms with E-state index < -0.39 is 23.8 Å². The van der Waals surface area contributed by atoms with E-state index in [4.69, 9.17) is 9.84 Å². The van der Waals surface area contributed by atoms with Gasteiger partial charge in [-0.05, 0) is 85.0 Å². The Kier molecular flexibility index (Phi) is 10.9. The van der Waals surface area contributed by atoms with E-state index in [1.807, 2.05) is 0 Å². The number of aliphatic hydroxyl groups is 2. The lowest BCUT2D eigenvalue weighted by Gasteiger charge is -2.32. The van der Waals surface area contributed by atoms with Crippen molar-refractivity contribution in [1.82, 2.24) is 0 Å². The van der Waals surface area contributed by atoms with Crippen LogP contribution in [0.25, 0.3) is 0 Å². The highest BCUT2D eigenvalue weighted by Gasteiger charge is 2.31. The number of carboxylic acids is 1. The van der Waals surface area contributed by atoms with E-state index >= 15 is 0 Å². The quantitative estimate of drug-likeness (QED) is 0.319. The molecule has 3 N–H and O–H groups in total. The minimum Gasteiger partial charge on any atom is -0.478 e. The fraction of sp³-hybridized carbons (Fsp3) is 0.708. The molecule has 0 aromatic carbocycles. The summed E-state index contributed by atoms with van der Waals surface area (Å²) in [5, 5.41) is 30.1. The molecule has 0 radical (unpaired) electrons. The molecule has 166 valence electrons. The first-order valence-electron chi connectivity index (χ1n) is 10.8. The van der Waals surface area contributed by atoms with Gasteiger partial charge < -0.3 is 20.1 Å². The van der Waals surface area contributed by atoms with E-state index in [1.54, 1.807) is 6.92 Å². The summed E-state index contributed by atoms with van der Waals surface area (Å²) >= 11 is 0. The van der Waals surface area contributed by atoms with Crippen LogP contribution < -0.4 is 0 Å². The lowest BCUT2D eigenvalue weighted by atomic mass is 9.85. The lowest BCUT2D eigenvalue weighted by Crippen LogP contribution is -2.39. The van der Waals surface area contributed by atoms with Gasteiger partial charge in [-0.3, -0.25) is 0 Å². The van der Waals surface area contributed by atoms with Crippen LogP contribution in [-0.4, -0.2) is 45.7 Å². The lowest BCUT2D eigenvalue weighted by molar-refractivity contribution is -0.135. The molecule has 1 aliphatic rings. The molecule has 0 aromatic rings. The summed E-state index contributed by atoms with van der Waals surface area (Å²) in [7, 11) is 0. The standard InChI is InChI=1S/C24H40O5/c1-17(2)8-6-9-18(3)10-7-15-24(5,28)22(25)14-12-20-11-13-21(29-16-20)19(4)23(26)27/h8,10,20-22,25,28H,4,6-7,9,11-16H2,1-3,5H3,(H,26,27). The molecule has 1 fully saturated rings. The smallest absolute Gasteiger partial charge is 0.333 e. The number of carbonyl (C=O) groups is 1. The molecule has 0 saturated carbocycles. The normalized spacial score (nSPS) is 23.2. The van der Waals surface area contributed by atoms with Crippen LogP contribution in [0.15, 0.2) is 35.5 Å². The van der Waals surface area contributed by atoms with Gasteiger partial charge in [-0.25, -0.2) is 4.79 Å². The van der Waals surface area contributed by atoms with Gasteiger partial charge in [-0.2, -0.15) is 0 Å². The van der Waals surface area contributed by atoms with Crippen LogP contribution in [-0.2, 0) is 9.53 Å². The summed E-state index contributed by atoms with van der Waals surface area (Å²) in [6, 6.07) is 0. The molecule has 1 saturated heterocycles. The Bertz CT molecular complexity index is 590. The van der Waals surface area contributed by atoms with Crippen molar-refractivity contribution < 1.29 is 24.9 Å². The predicted octanol–water partition coefficient (Wildman–Crippen LogP) is 4.79. The fourth-order valence-electron chi connectivity index (χ4n) is 3.62. The van der Waals surface area contributed by atoms with Crippen molar-refractivity contribution in [2.75, 3.05) is 6.61 Å². The highest BCUT2D eigenvalue weighted by Crippen LogP contribution is 2.29. The third-order valence-corrected chi connectivity index (χ3v) is 5.83. The summed E-state index contributed by atoms with van der Waals surface area (Å²) in [6.07, 6.45) is 9.26. The average molecular weight is 409 g/mol. The average Bonchev–Trinajstić information content (AvgIpc) is 2.65. The van der Waals surface area contributed by atoms with Crippen LogP contribution >= 0.6 is 0 Å². The SMILES string of the molecule is C=C(C(=O)O)C1CCC(CCC(O)C(C)(O)CCC=C(C)CCC=C(C)C)CO1. The van der Waals surface area contributed by atoms with E-state index in [9.17, 15) is 15.0 Å². The molecular formula is C24H40O5. The van der Waals surface area contributed by atoms with Crippen LogP contribution in [0.1, 0.15) is 79.1 Å². The zero-order valence-corrected chi connectivity index (χ0v) is 18.6. The summed E-state index contributed by atoms with van der Waals surface area (Å²) in [6.45, 7) is 12.1. The molecule has 0 amide bonds. The fourth-order valence-corrected chi connectivity index (χ4v) is 3.62. The van der Waals surface area contributed by atoms with Crippen LogP contribution in [0.3, 0.4) is 0 Å². The van der Waals surface area contributed by atoms with Gasteiger partial charge in [0.25, 0.3) is 0 Å². The van der Waals surface area contributed by atoms with Crippen LogP contribution in [0.4, 0.5) is 0 Å². The van der Waals surface area contributed by atoms with Crippen LogP contribution in [0.5, 0.6) is 0 Å². The second-order valence-corrected chi connectivity index (χ2v) is 8.96. The van der Waals surface area contributed by atoms with Gasteiger partial charge >= 0.3 is 5.97 Å². The summed E-state index contributed by atoms with van der Waals surface area (Å²) in [4.78, 5) is 11.0. The molecule has 29 heavy (non-hydrogen) atoms. The molecule has 0 aromatic heterocycles. The predicted molar refractivity (Wildman–Crippen MR) is 117 cm³/mol. The van der Waals surface area contributed by atoms with Crippen LogP contribution in [0.2, 0.25) is 0 Å². The molecular weight excluding hydrogens is 368 g/mol. The van der Waals surface area contributed by atoms with Crippen molar-refractivity contribution in [3.63, 3.8) is 0 Å². The first kappa shape index (κ1) is 25.6. The van der Waals surface area contributed by atoms with E-state index in [-0.39, 0.29) is 11.5 Å². The maximum absolute atomic E-state index is 11.0. The van der Waals surface area contributed by atoms with Crippen LogP contribution in [0, 0.1) is 5.92 Å². The van der Waals surface area contributed by atoms with Gasteiger partial charge in [0.15, 0.2) is 0 Å². The molecule has 5 nitrogen and oxygen atoms in total. The molecule has 0 spiro atoms. The summed E-state index contributed by atoms with van der Waals surface area (Å²) in [5.41, 5.74) is 1.63. The third-order valence-electron chi connectivity index (χ3n) is 5.83. The van der Waals surface area contributed by atoms with E-state index in [2.05, 4.69) is 39.5 Å². The second kappa shape index (κ2) is 12.3. The number of carboxylic acid groups (broad SMARTS) is 1. The molecule has 1 aliphatic heterocycles. The largest absolute Gasteiger partial charge is 0.478 e. The molecule has 5 heteroatoms. The number of hydrogen-bond donors (Lipinski definition) is 3. The Morgan fingerprint density at radius 2 is 1.93 bits per heavy atom. The maximum Gasteiger partial charge on any atom is 0.333 e. The Morgan fingerprint density at radius 1 is 1.24 bits per heavy atom. The monoisotopic (exact) mass is 408 g/mol. The van der Waals surface area contributed by atoms with Gasteiger partial charge in [0, 0.05) is 0 Å². The maximum atomic E-state index is 11.0. The Balaban J connectivity index is 2.34. The van der Waals surface area contributed by atoms with Crippen molar-refractivity contribution in [3.05, 3.63) is 35.5 Å². The summed E-state index contributed by atoms with van der Waals surface area (Å²) in [5.74, 6) is -0.739. The Labute approximate surface area is 176 Å². The summed E-state index contributed by atoms with van der Waals surface area (Å²) < 4.78 is 5.63. The molecule has 0 aliphatic carbocycles. The van der Waals surface area contributed by atoms with Crippen molar-refractivity contribution >= 4 is 5.97 Å².